The predicted molar refractivity (Wildman–Crippen MR) is 160 cm³/mol. The number of hydrogen-bond acceptors (Lipinski definition) is 4. The van der Waals surface area contributed by atoms with Gasteiger partial charge in [0.15, 0.2) is 0 Å². The van der Waals surface area contributed by atoms with Crippen LogP contribution in [0.4, 0.5) is 4.79 Å². The third-order valence-electron chi connectivity index (χ3n) is 13.5. The number of piperidine rings is 1. The number of aliphatic hydroxyl groups excluding tert-OH is 1. The summed E-state index contributed by atoms with van der Waals surface area (Å²) in [7, 11) is 0. The molecule has 41 heavy (non-hydrogen) atoms. The highest BCUT2D eigenvalue weighted by atomic mass is 16.6. The van der Waals surface area contributed by atoms with E-state index < -0.39 is 0 Å². The van der Waals surface area contributed by atoms with Crippen LogP contribution in [0, 0.1) is 40.9 Å². The summed E-state index contributed by atoms with van der Waals surface area (Å²) in [6.07, 6.45) is 11.2. The highest BCUT2D eigenvalue weighted by Gasteiger charge is 2.63. The molecule has 11 atom stereocenters. The minimum Gasteiger partial charge on any atom is -0.445 e. The Morgan fingerprint density at radius 2 is 1.93 bits per heavy atom. The molecule has 0 radical (unpaired) electrons. The monoisotopic (exact) mass is 561 g/mol. The molecule has 2 heterocycles. The number of carbonyl (C=O) groups is 1. The van der Waals surface area contributed by atoms with Crippen molar-refractivity contribution in [2.24, 2.45) is 40.9 Å². The van der Waals surface area contributed by atoms with Gasteiger partial charge in [0.25, 0.3) is 0 Å². The summed E-state index contributed by atoms with van der Waals surface area (Å²) in [6, 6.07) is 10.1. The van der Waals surface area contributed by atoms with Crippen molar-refractivity contribution in [1.82, 2.24) is 4.90 Å². The molecular formula is C36H51NO4. The molecule has 2 saturated heterocycles. The molecule has 5 nitrogen and oxygen atoms in total. The lowest BCUT2D eigenvalue weighted by molar-refractivity contribution is -0.0748. The van der Waals surface area contributed by atoms with Crippen molar-refractivity contribution >= 4 is 6.09 Å². The third-order valence-corrected chi connectivity index (χ3v) is 13.5. The highest BCUT2D eigenvalue weighted by Crippen LogP contribution is 2.66. The molecule has 7 rings (SSSR count). The molecule has 1 amide bonds. The van der Waals surface area contributed by atoms with Gasteiger partial charge in [0.1, 0.15) is 6.61 Å². The molecule has 3 saturated carbocycles. The van der Waals surface area contributed by atoms with Crippen molar-refractivity contribution in [3.63, 3.8) is 0 Å². The van der Waals surface area contributed by atoms with E-state index in [4.69, 9.17) is 9.47 Å². The van der Waals surface area contributed by atoms with Crippen molar-refractivity contribution in [2.75, 3.05) is 6.54 Å². The first kappa shape index (κ1) is 28.0. The van der Waals surface area contributed by atoms with Crippen LogP contribution in [-0.2, 0) is 16.1 Å². The Hall–Kier alpha value is -1.85. The Labute approximate surface area is 247 Å². The Kier molecular flexibility index (Phi) is 7.09. The summed E-state index contributed by atoms with van der Waals surface area (Å²) in [5.74, 6) is 3.60. The van der Waals surface area contributed by atoms with Gasteiger partial charge < -0.3 is 19.5 Å². The van der Waals surface area contributed by atoms with Gasteiger partial charge in [-0.15, -0.1) is 0 Å². The Morgan fingerprint density at radius 3 is 2.71 bits per heavy atom. The minimum absolute atomic E-state index is 0.0681. The summed E-state index contributed by atoms with van der Waals surface area (Å²) < 4.78 is 13.2. The summed E-state index contributed by atoms with van der Waals surface area (Å²) in [5, 5.41) is 10.4. The fourth-order valence-corrected chi connectivity index (χ4v) is 11.1. The second-order valence-corrected chi connectivity index (χ2v) is 15.0. The minimum atomic E-state index is -0.266. The van der Waals surface area contributed by atoms with Gasteiger partial charge in [-0.3, -0.25) is 0 Å². The van der Waals surface area contributed by atoms with Crippen LogP contribution in [-0.4, -0.2) is 46.5 Å². The van der Waals surface area contributed by atoms with Gasteiger partial charge in [0.05, 0.1) is 23.9 Å². The molecule has 1 N–H and O–H groups in total. The Bertz CT molecular complexity index is 1180. The number of aliphatic hydroxyl groups is 1. The zero-order valence-corrected chi connectivity index (χ0v) is 25.7. The van der Waals surface area contributed by atoms with Gasteiger partial charge in [-0.1, -0.05) is 63.1 Å². The third kappa shape index (κ3) is 4.34. The lowest BCUT2D eigenvalue weighted by Gasteiger charge is -2.53. The number of ether oxygens (including phenoxy) is 2. The quantitative estimate of drug-likeness (QED) is 0.388. The smallest absolute Gasteiger partial charge is 0.410 e. The fourth-order valence-electron chi connectivity index (χ4n) is 11.1. The van der Waals surface area contributed by atoms with E-state index in [1.165, 1.54) is 37.7 Å². The first-order chi connectivity index (χ1) is 19.7. The summed E-state index contributed by atoms with van der Waals surface area (Å²) in [5.41, 5.74) is 4.34. The Balaban J connectivity index is 1.15. The number of rotatable bonds is 3. The topological polar surface area (TPSA) is 59.0 Å². The van der Waals surface area contributed by atoms with Gasteiger partial charge in [0.2, 0.25) is 0 Å². The van der Waals surface area contributed by atoms with Crippen LogP contribution in [0.5, 0.6) is 0 Å². The molecule has 0 bridgehead atoms. The zero-order valence-electron chi connectivity index (χ0n) is 25.7. The molecule has 6 aliphatic rings. The van der Waals surface area contributed by atoms with Crippen LogP contribution >= 0.6 is 0 Å². The summed E-state index contributed by atoms with van der Waals surface area (Å²) in [4.78, 5) is 15.7. The lowest BCUT2D eigenvalue weighted by Crippen LogP contribution is -2.55. The van der Waals surface area contributed by atoms with Gasteiger partial charge in [0, 0.05) is 12.5 Å². The average Bonchev–Trinajstić information content (AvgIpc) is 3.51. The molecule has 1 spiro atoms. The van der Waals surface area contributed by atoms with Gasteiger partial charge in [-0.05, 0) is 111 Å². The SMILES string of the molecule is CCC1C[C@H]2OC3(CC[C@@H]4C(=C3C)C[C@H]3C4CC[C@@H]4C[C@@H](O)CCC43C)[C@H](C)C2N(C(=O)OCc2ccccc2)C1. The molecule has 224 valence electrons. The molecule has 0 aromatic heterocycles. The van der Waals surface area contributed by atoms with E-state index in [1.807, 2.05) is 30.3 Å². The number of allylic oxidation sites excluding steroid dienone is 1. The lowest BCUT2D eigenvalue weighted by atomic mass is 9.52. The van der Waals surface area contributed by atoms with E-state index in [1.54, 1.807) is 5.57 Å². The molecule has 5 unspecified atom stereocenters. The van der Waals surface area contributed by atoms with E-state index >= 15 is 0 Å². The molecule has 1 aromatic rings. The predicted octanol–water partition coefficient (Wildman–Crippen LogP) is 7.52. The number of benzene rings is 1. The number of carbonyl (C=O) groups excluding carboxylic acids is 1. The van der Waals surface area contributed by atoms with E-state index in [2.05, 4.69) is 32.6 Å². The van der Waals surface area contributed by atoms with Crippen LogP contribution in [0.3, 0.4) is 0 Å². The van der Waals surface area contributed by atoms with E-state index in [0.29, 0.717) is 29.8 Å². The number of fused-ring (bicyclic) bond motifs is 6. The van der Waals surface area contributed by atoms with Crippen molar-refractivity contribution in [3.05, 3.63) is 47.0 Å². The highest BCUT2D eigenvalue weighted by molar-refractivity contribution is 5.68. The fraction of sp³-hybridized carbons (Fsp3) is 0.750. The van der Waals surface area contributed by atoms with Gasteiger partial charge in [-0.25, -0.2) is 4.79 Å². The molecule has 5 fully saturated rings. The summed E-state index contributed by atoms with van der Waals surface area (Å²) in [6.45, 7) is 10.6. The van der Waals surface area contributed by atoms with Gasteiger partial charge >= 0.3 is 6.09 Å². The molecular weight excluding hydrogens is 510 g/mol. The van der Waals surface area contributed by atoms with Crippen LogP contribution < -0.4 is 0 Å². The normalized spacial score (nSPS) is 45.2. The Morgan fingerprint density at radius 1 is 1.12 bits per heavy atom. The summed E-state index contributed by atoms with van der Waals surface area (Å²) >= 11 is 0. The number of hydrogen-bond donors (Lipinski definition) is 1. The van der Waals surface area contributed by atoms with Crippen molar-refractivity contribution < 1.29 is 19.4 Å². The first-order valence-corrected chi connectivity index (χ1v) is 16.8. The molecule has 1 aromatic carbocycles. The standard InChI is InChI=1S/C36H51NO4/c1-5-24-17-32-33(37(20-24)34(39)40-21-25-9-7-6-8-10-25)23(3)36(41-32)16-14-28-29-12-11-26-18-27(38)13-15-35(26,4)31(29)19-30(28)22(36)2/h6-10,23-24,26-29,31-33,38H,5,11-21H2,1-4H3/t23-,24?,26-,27+,28+,29?,31+,32-,33?,35?,36?/m1/s1. The van der Waals surface area contributed by atoms with Crippen LogP contribution in [0.15, 0.2) is 41.5 Å². The van der Waals surface area contributed by atoms with E-state index in [9.17, 15) is 9.90 Å². The van der Waals surface area contributed by atoms with Crippen molar-refractivity contribution in [1.29, 1.82) is 0 Å². The van der Waals surface area contributed by atoms with Crippen LogP contribution in [0.2, 0.25) is 0 Å². The van der Waals surface area contributed by atoms with Crippen molar-refractivity contribution in [2.45, 2.75) is 122 Å². The maximum Gasteiger partial charge on any atom is 0.410 e. The van der Waals surface area contributed by atoms with Gasteiger partial charge in [-0.2, -0.15) is 0 Å². The maximum atomic E-state index is 13.6. The number of likely N-dealkylation sites (tertiary alicyclic amines) is 1. The first-order valence-electron chi connectivity index (χ1n) is 16.8. The number of nitrogens with zero attached hydrogens (tertiary/aromatic N) is 1. The van der Waals surface area contributed by atoms with Crippen LogP contribution in [0.1, 0.15) is 97.5 Å². The average molecular weight is 562 g/mol. The van der Waals surface area contributed by atoms with Crippen molar-refractivity contribution in [3.8, 4) is 0 Å². The number of amides is 1. The van der Waals surface area contributed by atoms with E-state index in [-0.39, 0.29) is 35.9 Å². The molecule has 2 aliphatic heterocycles. The zero-order chi connectivity index (χ0) is 28.5. The maximum absolute atomic E-state index is 13.6. The second kappa shape index (κ2) is 10.4. The molecule has 4 aliphatic carbocycles. The van der Waals surface area contributed by atoms with E-state index in [0.717, 1.165) is 56.0 Å². The molecule has 5 heteroatoms. The largest absolute Gasteiger partial charge is 0.445 e. The van der Waals surface area contributed by atoms with Crippen LogP contribution in [0.25, 0.3) is 0 Å². The second-order valence-electron chi connectivity index (χ2n) is 15.0.